The quantitative estimate of drug-likeness (QED) is 0.860. The maximum Gasteiger partial charge on any atom is 0.249 e. The van der Waals surface area contributed by atoms with Crippen LogP contribution < -0.4 is 5.73 Å². The van der Waals surface area contributed by atoms with Gasteiger partial charge in [0.15, 0.2) is 0 Å². The Labute approximate surface area is 146 Å². The summed E-state index contributed by atoms with van der Waals surface area (Å²) in [7, 11) is 0. The van der Waals surface area contributed by atoms with Gasteiger partial charge in [-0.3, -0.25) is 9.59 Å². The summed E-state index contributed by atoms with van der Waals surface area (Å²) >= 11 is 0. The van der Waals surface area contributed by atoms with Crippen molar-refractivity contribution < 1.29 is 14.0 Å². The summed E-state index contributed by atoms with van der Waals surface area (Å²) in [6.07, 6.45) is 4.34. The maximum absolute atomic E-state index is 14.9. The Morgan fingerprint density at radius 2 is 2.04 bits per heavy atom. The molecule has 0 atom stereocenters. The summed E-state index contributed by atoms with van der Waals surface area (Å²) in [5.41, 5.74) is 10.8. The molecular weight excluding hydrogens is 319 g/mol. The van der Waals surface area contributed by atoms with Crippen LogP contribution in [0.3, 0.4) is 0 Å². The molecule has 25 heavy (non-hydrogen) atoms. The average molecular weight is 340 g/mol. The molecule has 2 amide bonds. The van der Waals surface area contributed by atoms with E-state index < -0.39 is 11.7 Å². The summed E-state index contributed by atoms with van der Waals surface area (Å²) in [4.78, 5) is 25.1. The second-order valence-electron chi connectivity index (χ2n) is 6.55. The van der Waals surface area contributed by atoms with Crippen molar-refractivity contribution in [2.45, 2.75) is 26.7 Å². The number of hydrogen-bond donors (Lipinski definition) is 1. The lowest BCUT2D eigenvalue weighted by Gasteiger charge is -2.27. The minimum atomic E-state index is -0.607. The summed E-state index contributed by atoms with van der Waals surface area (Å²) in [5.74, 6) is -1.17. The van der Waals surface area contributed by atoms with Crippen LogP contribution in [0.4, 0.5) is 4.39 Å². The molecule has 1 aliphatic carbocycles. The molecule has 0 radical (unpaired) electrons. The third kappa shape index (κ3) is 2.80. The molecule has 130 valence electrons. The van der Waals surface area contributed by atoms with E-state index in [0.29, 0.717) is 31.5 Å². The summed E-state index contributed by atoms with van der Waals surface area (Å²) < 4.78 is 14.9. The number of benzene rings is 1. The monoisotopic (exact) mass is 340 g/mol. The molecule has 5 heteroatoms. The molecule has 0 spiro atoms. The molecule has 1 heterocycles. The molecule has 0 bridgehead atoms. The molecule has 0 fully saturated rings. The molecule has 1 aliphatic heterocycles. The zero-order chi connectivity index (χ0) is 18.3. The molecule has 0 saturated heterocycles. The van der Waals surface area contributed by atoms with Crippen molar-refractivity contribution >= 4 is 23.0 Å². The number of nitrogens with two attached hydrogens (primary N) is 1. The first kappa shape index (κ1) is 17.1. The van der Waals surface area contributed by atoms with E-state index in [9.17, 15) is 14.0 Å². The van der Waals surface area contributed by atoms with Crippen molar-refractivity contribution in [1.82, 2.24) is 4.90 Å². The number of carbonyl (C=O) groups is 2. The number of fused-ring (bicyclic) bond motifs is 1. The lowest BCUT2D eigenvalue weighted by Crippen LogP contribution is -2.33. The van der Waals surface area contributed by atoms with E-state index in [1.54, 1.807) is 4.90 Å². The van der Waals surface area contributed by atoms with Crippen molar-refractivity contribution in [3.8, 4) is 0 Å². The first-order chi connectivity index (χ1) is 11.8. The van der Waals surface area contributed by atoms with Crippen LogP contribution in [0.15, 0.2) is 30.4 Å². The summed E-state index contributed by atoms with van der Waals surface area (Å²) in [6.45, 7) is 8.38. The van der Waals surface area contributed by atoms with Crippen LogP contribution in [-0.2, 0) is 11.2 Å². The number of rotatable bonds is 3. The van der Waals surface area contributed by atoms with E-state index in [2.05, 4.69) is 6.58 Å². The fourth-order valence-corrected chi connectivity index (χ4v) is 3.66. The number of amides is 2. The Kier molecular flexibility index (Phi) is 4.33. The normalized spacial score (nSPS) is 16.6. The van der Waals surface area contributed by atoms with Gasteiger partial charge in [0.1, 0.15) is 5.82 Å². The van der Waals surface area contributed by atoms with Gasteiger partial charge in [-0.15, -0.1) is 0 Å². The van der Waals surface area contributed by atoms with Gasteiger partial charge < -0.3 is 10.6 Å². The molecule has 4 nitrogen and oxygen atoms in total. The summed E-state index contributed by atoms with van der Waals surface area (Å²) in [6, 6.07) is 1.25. The highest BCUT2D eigenvalue weighted by Crippen LogP contribution is 2.41. The lowest BCUT2D eigenvalue weighted by atomic mass is 9.88. The topological polar surface area (TPSA) is 63.4 Å². The third-order valence-corrected chi connectivity index (χ3v) is 5.13. The van der Waals surface area contributed by atoms with Gasteiger partial charge in [-0.05, 0) is 61.1 Å². The Morgan fingerprint density at radius 1 is 1.32 bits per heavy atom. The zero-order valence-electron chi connectivity index (χ0n) is 14.5. The summed E-state index contributed by atoms with van der Waals surface area (Å²) in [5, 5.41) is 0. The van der Waals surface area contributed by atoms with Gasteiger partial charge in [0.25, 0.3) is 0 Å². The van der Waals surface area contributed by atoms with Gasteiger partial charge >= 0.3 is 0 Å². The van der Waals surface area contributed by atoms with Gasteiger partial charge in [-0.2, -0.15) is 0 Å². The largest absolute Gasteiger partial charge is 0.366 e. The zero-order valence-corrected chi connectivity index (χ0v) is 14.5. The SMILES string of the molecule is C=CC(=O)N1CC=C(c2c(F)cc(C(N)=O)c3c2C(C)=C(C)C3)CC1. The van der Waals surface area contributed by atoms with Crippen molar-refractivity contribution in [2.24, 2.45) is 5.73 Å². The van der Waals surface area contributed by atoms with E-state index >= 15 is 0 Å². The van der Waals surface area contributed by atoms with Gasteiger partial charge in [0.05, 0.1) is 0 Å². The Morgan fingerprint density at radius 3 is 2.60 bits per heavy atom. The average Bonchev–Trinajstić information content (AvgIpc) is 2.89. The predicted molar refractivity (Wildman–Crippen MR) is 96.3 cm³/mol. The van der Waals surface area contributed by atoms with Gasteiger partial charge in [0.2, 0.25) is 11.8 Å². The van der Waals surface area contributed by atoms with Gasteiger partial charge in [-0.1, -0.05) is 18.2 Å². The predicted octanol–water partition coefficient (Wildman–Crippen LogP) is 3.08. The highest BCUT2D eigenvalue weighted by Gasteiger charge is 2.29. The van der Waals surface area contributed by atoms with Gasteiger partial charge in [0, 0.05) is 24.2 Å². The number of halogens is 1. The molecule has 0 saturated carbocycles. The fraction of sp³-hybridized carbons (Fsp3) is 0.300. The second-order valence-corrected chi connectivity index (χ2v) is 6.55. The molecule has 1 aromatic carbocycles. The second kappa shape index (κ2) is 6.31. The van der Waals surface area contributed by atoms with E-state index in [4.69, 9.17) is 5.73 Å². The fourth-order valence-electron chi connectivity index (χ4n) is 3.66. The minimum absolute atomic E-state index is 0.128. The van der Waals surface area contributed by atoms with Crippen LogP contribution in [0, 0.1) is 5.82 Å². The molecule has 3 rings (SSSR count). The van der Waals surface area contributed by atoms with E-state index in [1.807, 2.05) is 19.9 Å². The van der Waals surface area contributed by atoms with Crippen molar-refractivity contribution in [3.05, 3.63) is 58.4 Å². The Bertz CT molecular complexity index is 865. The lowest BCUT2D eigenvalue weighted by molar-refractivity contribution is -0.125. The molecular formula is C20H21FN2O2. The highest BCUT2D eigenvalue weighted by molar-refractivity contribution is 5.99. The molecule has 0 unspecified atom stereocenters. The molecule has 0 aromatic heterocycles. The van der Waals surface area contributed by atoms with E-state index in [0.717, 1.165) is 27.8 Å². The standard InChI is InChI=1S/C20H21FN2O2/c1-4-17(24)23-7-5-13(6-8-23)19-16(21)10-15(20(22)25)14-9-11(2)12(3)18(14)19/h4-5,10H,1,6-9H2,2-3H3,(H2,22,25). The van der Waals surface area contributed by atoms with Crippen molar-refractivity contribution in [3.63, 3.8) is 0 Å². The van der Waals surface area contributed by atoms with Crippen LogP contribution >= 0.6 is 0 Å². The Hall–Kier alpha value is -2.69. The number of nitrogens with zero attached hydrogens (tertiary/aromatic N) is 1. The van der Waals surface area contributed by atoms with Crippen LogP contribution in [-0.4, -0.2) is 29.8 Å². The van der Waals surface area contributed by atoms with E-state index in [-0.39, 0.29) is 11.5 Å². The molecule has 2 N–H and O–H groups in total. The minimum Gasteiger partial charge on any atom is -0.366 e. The maximum atomic E-state index is 14.9. The first-order valence-corrected chi connectivity index (χ1v) is 8.27. The van der Waals surface area contributed by atoms with Crippen LogP contribution in [0.2, 0.25) is 0 Å². The number of primary amides is 1. The van der Waals surface area contributed by atoms with Gasteiger partial charge in [-0.25, -0.2) is 4.39 Å². The Balaban J connectivity index is 2.11. The van der Waals surface area contributed by atoms with Crippen molar-refractivity contribution in [2.75, 3.05) is 13.1 Å². The van der Waals surface area contributed by atoms with Crippen molar-refractivity contribution in [1.29, 1.82) is 0 Å². The number of carbonyl (C=O) groups excluding carboxylic acids is 2. The van der Waals surface area contributed by atoms with Crippen LogP contribution in [0.1, 0.15) is 47.3 Å². The smallest absolute Gasteiger partial charge is 0.249 e. The molecule has 1 aromatic rings. The molecule has 2 aliphatic rings. The number of allylic oxidation sites excluding steroid dienone is 2. The number of hydrogen-bond acceptors (Lipinski definition) is 2. The van der Waals surface area contributed by atoms with Crippen LogP contribution in [0.5, 0.6) is 0 Å². The highest BCUT2D eigenvalue weighted by atomic mass is 19.1. The van der Waals surface area contributed by atoms with E-state index in [1.165, 1.54) is 12.1 Å². The third-order valence-electron chi connectivity index (χ3n) is 5.13. The van der Waals surface area contributed by atoms with Crippen LogP contribution in [0.25, 0.3) is 11.1 Å². The first-order valence-electron chi connectivity index (χ1n) is 8.27.